The third kappa shape index (κ3) is 5.34. The van der Waals surface area contributed by atoms with Gasteiger partial charge in [0.15, 0.2) is 12.6 Å². The molecule has 0 aromatic rings. The van der Waals surface area contributed by atoms with Crippen molar-refractivity contribution in [3.8, 4) is 0 Å². The van der Waals surface area contributed by atoms with Crippen LogP contribution in [0.25, 0.3) is 0 Å². The van der Waals surface area contributed by atoms with Gasteiger partial charge < -0.3 is 18.9 Å². The van der Waals surface area contributed by atoms with E-state index in [4.69, 9.17) is 18.9 Å². The summed E-state index contributed by atoms with van der Waals surface area (Å²) in [5.74, 6) is 0. The molecule has 0 radical (unpaired) electrons. The fourth-order valence-electron chi connectivity index (χ4n) is 1.52. The van der Waals surface area contributed by atoms with Crippen LogP contribution < -0.4 is 0 Å². The molecule has 2 saturated heterocycles. The Balaban J connectivity index is 0.000000581. The Morgan fingerprint density at radius 1 is 0.647 bits per heavy atom. The second-order valence-electron chi connectivity index (χ2n) is 3.88. The lowest BCUT2D eigenvalue weighted by Crippen LogP contribution is -2.51. The maximum Gasteiger partial charge on any atom is 0.154 e. The molecular weight excluding hydrogens is 220 g/mol. The van der Waals surface area contributed by atoms with Crippen molar-refractivity contribution in [2.24, 2.45) is 5.41 Å². The molecule has 0 unspecified atom stereocenters. The van der Waals surface area contributed by atoms with E-state index >= 15 is 0 Å². The molecule has 0 saturated carbocycles. The topological polar surface area (TPSA) is 36.9 Å². The van der Waals surface area contributed by atoms with Gasteiger partial charge in [-0.15, -0.1) is 0 Å². The fraction of sp³-hybridized carbons (Fsp3) is 1.00. The van der Waals surface area contributed by atoms with Crippen molar-refractivity contribution in [2.45, 2.75) is 54.1 Å². The fourth-order valence-corrected chi connectivity index (χ4v) is 1.52. The van der Waals surface area contributed by atoms with Gasteiger partial charge in [0.2, 0.25) is 0 Å². The van der Waals surface area contributed by atoms with Gasteiger partial charge in [-0.05, 0) is 13.8 Å². The Morgan fingerprint density at radius 3 is 1.12 bits per heavy atom. The Kier molecular flexibility index (Phi) is 8.78. The first-order valence-electron chi connectivity index (χ1n) is 6.67. The van der Waals surface area contributed by atoms with Crippen molar-refractivity contribution in [3.63, 3.8) is 0 Å². The summed E-state index contributed by atoms with van der Waals surface area (Å²) in [6.45, 7) is 14.5. The molecule has 2 fully saturated rings. The smallest absolute Gasteiger partial charge is 0.154 e. The molecule has 17 heavy (non-hydrogen) atoms. The number of hydrogen-bond acceptors (Lipinski definition) is 4. The van der Waals surface area contributed by atoms with Crippen LogP contribution in [0.4, 0.5) is 0 Å². The lowest BCUT2D eigenvalue weighted by atomic mass is 9.91. The summed E-state index contributed by atoms with van der Waals surface area (Å²) < 4.78 is 21.7. The summed E-state index contributed by atoms with van der Waals surface area (Å²) >= 11 is 0. The van der Waals surface area contributed by atoms with E-state index in [-0.39, 0.29) is 18.0 Å². The molecule has 2 heterocycles. The standard InChI is InChI=1S/C9H16O4.2C2H6/c1-7-10-3-9(4-11-7)5-12-8(2)13-6-9;2*1-2/h7-8H,3-6H2,1-2H3;2*1-2H3. The van der Waals surface area contributed by atoms with Crippen LogP contribution in [0.15, 0.2) is 0 Å². The van der Waals surface area contributed by atoms with Crippen molar-refractivity contribution in [2.75, 3.05) is 26.4 Å². The van der Waals surface area contributed by atoms with Crippen molar-refractivity contribution in [3.05, 3.63) is 0 Å². The van der Waals surface area contributed by atoms with Gasteiger partial charge >= 0.3 is 0 Å². The van der Waals surface area contributed by atoms with Gasteiger partial charge in [0.05, 0.1) is 31.8 Å². The van der Waals surface area contributed by atoms with Gasteiger partial charge in [-0.25, -0.2) is 0 Å². The number of hydrogen-bond donors (Lipinski definition) is 0. The lowest BCUT2D eigenvalue weighted by Gasteiger charge is -2.42. The molecule has 0 aromatic heterocycles. The average Bonchev–Trinajstić information content (AvgIpc) is 2.42. The van der Waals surface area contributed by atoms with Crippen LogP contribution in [0.2, 0.25) is 0 Å². The van der Waals surface area contributed by atoms with E-state index in [9.17, 15) is 0 Å². The minimum atomic E-state index is -0.0926. The normalized spacial score (nSPS) is 36.4. The Labute approximate surface area is 106 Å². The average molecular weight is 248 g/mol. The Bertz CT molecular complexity index is 145. The van der Waals surface area contributed by atoms with E-state index in [1.807, 2.05) is 41.5 Å². The SMILES string of the molecule is CC.CC.CC1OCC2(CO1)COC(C)OC2. The molecule has 0 aromatic carbocycles. The van der Waals surface area contributed by atoms with Crippen LogP contribution in [0, 0.1) is 5.41 Å². The van der Waals surface area contributed by atoms with E-state index in [2.05, 4.69) is 0 Å². The first kappa shape index (κ1) is 16.8. The highest BCUT2D eigenvalue weighted by Gasteiger charge is 2.40. The molecule has 0 atom stereocenters. The highest BCUT2D eigenvalue weighted by molar-refractivity contribution is 4.83. The van der Waals surface area contributed by atoms with E-state index in [0.717, 1.165) is 0 Å². The summed E-state index contributed by atoms with van der Waals surface area (Å²) in [4.78, 5) is 0. The monoisotopic (exact) mass is 248 g/mol. The van der Waals surface area contributed by atoms with Gasteiger partial charge in [0, 0.05) is 0 Å². The minimum Gasteiger partial charge on any atom is -0.352 e. The molecule has 1 spiro atoms. The predicted octanol–water partition coefficient (Wildman–Crippen LogP) is 2.81. The summed E-state index contributed by atoms with van der Waals surface area (Å²) in [5.41, 5.74) is -0.0704. The van der Waals surface area contributed by atoms with Crippen molar-refractivity contribution < 1.29 is 18.9 Å². The number of rotatable bonds is 0. The van der Waals surface area contributed by atoms with Crippen molar-refractivity contribution in [1.82, 2.24) is 0 Å². The first-order chi connectivity index (χ1) is 8.20. The maximum atomic E-state index is 5.42. The molecule has 104 valence electrons. The van der Waals surface area contributed by atoms with Crippen LogP contribution >= 0.6 is 0 Å². The van der Waals surface area contributed by atoms with Crippen molar-refractivity contribution >= 4 is 0 Å². The number of ether oxygens (including phenoxy) is 4. The zero-order valence-electron chi connectivity index (χ0n) is 12.1. The first-order valence-corrected chi connectivity index (χ1v) is 6.67. The quantitative estimate of drug-likeness (QED) is 0.660. The van der Waals surface area contributed by atoms with Crippen molar-refractivity contribution in [1.29, 1.82) is 0 Å². The second-order valence-corrected chi connectivity index (χ2v) is 3.88. The molecule has 0 amide bonds. The largest absolute Gasteiger partial charge is 0.352 e. The molecule has 0 aliphatic carbocycles. The van der Waals surface area contributed by atoms with E-state index in [1.165, 1.54) is 0 Å². The van der Waals surface area contributed by atoms with Gasteiger partial charge in [0.1, 0.15) is 0 Å². The summed E-state index contributed by atoms with van der Waals surface area (Å²) in [5, 5.41) is 0. The van der Waals surface area contributed by atoms with Gasteiger partial charge in [-0.2, -0.15) is 0 Å². The minimum absolute atomic E-state index is 0.0704. The molecule has 4 heteroatoms. The lowest BCUT2D eigenvalue weighted by molar-refractivity contribution is -0.294. The van der Waals surface area contributed by atoms with Crippen LogP contribution in [-0.2, 0) is 18.9 Å². The highest BCUT2D eigenvalue weighted by Crippen LogP contribution is 2.29. The van der Waals surface area contributed by atoms with Crippen LogP contribution in [0.3, 0.4) is 0 Å². The molecule has 2 aliphatic heterocycles. The summed E-state index contributed by atoms with van der Waals surface area (Å²) in [6, 6.07) is 0. The van der Waals surface area contributed by atoms with Crippen LogP contribution in [0.5, 0.6) is 0 Å². The third-order valence-corrected chi connectivity index (χ3v) is 2.50. The molecule has 4 nitrogen and oxygen atoms in total. The summed E-state index contributed by atoms with van der Waals surface area (Å²) in [7, 11) is 0. The molecular formula is C13H28O4. The molecule has 2 aliphatic rings. The van der Waals surface area contributed by atoms with E-state index < -0.39 is 0 Å². The molecule has 2 rings (SSSR count). The Hall–Kier alpha value is -0.160. The third-order valence-electron chi connectivity index (χ3n) is 2.50. The molecule has 0 bridgehead atoms. The van der Waals surface area contributed by atoms with Gasteiger partial charge in [0.25, 0.3) is 0 Å². The Morgan fingerprint density at radius 2 is 0.882 bits per heavy atom. The zero-order valence-corrected chi connectivity index (χ0v) is 12.1. The van der Waals surface area contributed by atoms with Gasteiger partial charge in [-0.1, -0.05) is 27.7 Å². The van der Waals surface area contributed by atoms with Crippen LogP contribution in [-0.4, -0.2) is 39.0 Å². The summed E-state index contributed by atoms with van der Waals surface area (Å²) in [6.07, 6.45) is -0.185. The highest BCUT2D eigenvalue weighted by atomic mass is 16.7. The second kappa shape index (κ2) is 8.86. The molecule has 0 N–H and O–H groups in total. The predicted molar refractivity (Wildman–Crippen MR) is 67.9 cm³/mol. The van der Waals surface area contributed by atoms with Crippen LogP contribution in [0.1, 0.15) is 41.5 Å². The zero-order chi connectivity index (χ0) is 13.3. The maximum absolute atomic E-state index is 5.42. The van der Waals surface area contributed by atoms with E-state index in [0.29, 0.717) is 26.4 Å². The van der Waals surface area contributed by atoms with Gasteiger partial charge in [-0.3, -0.25) is 0 Å². The van der Waals surface area contributed by atoms with E-state index in [1.54, 1.807) is 0 Å².